The van der Waals surface area contributed by atoms with Crippen LogP contribution in [0.2, 0.25) is 0 Å². The number of Topliss-reactive ketones (excluding diaryl/α,β-unsaturated/α-hetero) is 1. The van der Waals surface area contributed by atoms with Crippen LogP contribution in [0.4, 0.5) is 0 Å². The lowest BCUT2D eigenvalue weighted by Crippen LogP contribution is -2.37. The Kier molecular flexibility index (Phi) is 5.00. The van der Waals surface area contributed by atoms with Gasteiger partial charge in [0.05, 0.1) is 31.1 Å². The number of fused-ring (bicyclic) bond motifs is 1. The van der Waals surface area contributed by atoms with E-state index in [4.69, 9.17) is 14.2 Å². The third-order valence-corrected chi connectivity index (χ3v) is 4.47. The second-order valence-corrected chi connectivity index (χ2v) is 6.25. The van der Waals surface area contributed by atoms with E-state index in [0.29, 0.717) is 18.8 Å². The molecule has 1 aromatic heterocycles. The minimum absolute atomic E-state index is 0.148. The molecular weight excluding hydrogens is 346 g/mol. The predicted octanol–water partition coefficient (Wildman–Crippen LogP) is 2.98. The summed E-state index contributed by atoms with van der Waals surface area (Å²) in [7, 11) is 0. The van der Waals surface area contributed by atoms with E-state index in [-0.39, 0.29) is 19.0 Å². The molecule has 1 saturated heterocycles. The minimum Gasteiger partial charge on any atom is -0.455 e. The average molecular weight is 365 g/mol. The largest absolute Gasteiger partial charge is 0.455 e. The number of ether oxygens (including phenoxy) is 3. The zero-order valence-electron chi connectivity index (χ0n) is 14.6. The van der Waals surface area contributed by atoms with E-state index in [1.807, 2.05) is 54.6 Å². The normalized spacial score (nSPS) is 17.0. The Morgan fingerprint density at radius 2 is 1.81 bits per heavy atom. The van der Waals surface area contributed by atoms with Crippen LogP contribution in [-0.2, 0) is 19.0 Å². The van der Waals surface area contributed by atoms with Crippen LogP contribution < -0.4 is 0 Å². The van der Waals surface area contributed by atoms with Gasteiger partial charge < -0.3 is 19.2 Å². The van der Waals surface area contributed by atoms with Crippen LogP contribution in [0.15, 0.2) is 54.6 Å². The molecule has 6 nitrogen and oxygen atoms in total. The molecule has 0 bridgehead atoms. The number of carbonyl (C=O) groups excluding carboxylic acids is 2. The lowest BCUT2D eigenvalue weighted by atomic mass is 10.0. The van der Waals surface area contributed by atoms with Crippen molar-refractivity contribution in [3.05, 3.63) is 60.2 Å². The monoisotopic (exact) mass is 365 g/mol. The Bertz CT molecular complexity index is 957. The highest BCUT2D eigenvalue weighted by Gasteiger charge is 2.26. The third-order valence-electron chi connectivity index (χ3n) is 4.47. The van der Waals surface area contributed by atoms with Crippen LogP contribution in [0.25, 0.3) is 22.2 Å². The van der Waals surface area contributed by atoms with E-state index < -0.39 is 12.1 Å². The number of aromatic amines is 1. The van der Waals surface area contributed by atoms with Crippen molar-refractivity contribution < 1.29 is 23.8 Å². The number of hydrogen-bond donors (Lipinski definition) is 1. The molecule has 27 heavy (non-hydrogen) atoms. The number of aromatic nitrogens is 1. The average Bonchev–Trinajstić information content (AvgIpc) is 3.13. The van der Waals surface area contributed by atoms with Crippen molar-refractivity contribution in [2.75, 3.05) is 26.4 Å². The summed E-state index contributed by atoms with van der Waals surface area (Å²) >= 11 is 0. The van der Waals surface area contributed by atoms with Gasteiger partial charge in [-0.3, -0.25) is 4.79 Å². The fourth-order valence-corrected chi connectivity index (χ4v) is 3.18. The molecule has 0 amide bonds. The van der Waals surface area contributed by atoms with Gasteiger partial charge in [0.15, 0.2) is 12.7 Å². The van der Waals surface area contributed by atoms with E-state index in [2.05, 4.69) is 4.98 Å². The molecule has 3 aromatic rings. The van der Waals surface area contributed by atoms with Gasteiger partial charge in [-0.05, 0) is 11.6 Å². The lowest BCUT2D eigenvalue weighted by molar-refractivity contribution is -0.169. The maximum absolute atomic E-state index is 12.9. The maximum atomic E-state index is 12.9. The van der Waals surface area contributed by atoms with Crippen molar-refractivity contribution in [3.8, 4) is 11.3 Å². The van der Waals surface area contributed by atoms with Gasteiger partial charge in [0.25, 0.3) is 0 Å². The molecule has 138 valence electrons. The summed E-state index contributed by atoms with van der Waals surface area (Å²) < 4.78 is 15.7. The van der Waals surface area contributed by atoms with E-state index >= 15 is 0 Å². The summed E-state index contributed by atoms with van der Waals surface area (Å²) in [5.74, 6) is -0.847. The van der Waals surface area contributed by atoms with Gasteiger partial charge in [0.1, 0.15) is 0 Å². The van der Waals surface area contributed by atoms with Gasteiger partial charge in [-0.15, -0.1) is 0 Å². The molecule has 1 N–H and O–H groups in total. The Morgan fingerprint density at radius 1 is 1.04 bits per heavy atom. The lowest BCUT2D eigenvalue weighted by Gasteiger charge is -2.21. The molecule has 4 rings (SSSR count). The number of para-hydroxylation sites is 1. The van der Waals surface area contributed by atoms with Crippen LogP contribution in [0.5, 0.6) is 0 Å². The molecule has 6 heteroatoms. The summed E-state index contributed by atoms with van der Waals surface area (Å²) in [5, 5.41) is 0.801. The maximum Gasteiger partial charge on any atom is 0.338 e. The molecule has 1 fully saturated rings. The highest BCUT2D eigenvalue weighted by Crippen LogP contribution is 2.30. The number of benzene rings is 2. The van der Waals surface area contributed by atoms with Crippen LogP contribution in [-0.4, -0.2) is 49.3 Å². The van der Waals surface area contributed by atoms with Crippen molar-refractivity contribution in [3.63, 3.8) is 0 Å². The number of H-pyrrole nitrogens is 1. The number of carbonyl (C=O) groups is 2. The predicted molar refractivity (Wildman–Crippen MR) is 99.6 cm³/mol. The molecule has 2 aromatic carbocycles. The number of ketones is 1. The smallest absolute Gasteiger partial charge is 0.338 e. The van der Waals surface area contributed by atoms with Crippen molar-refractivity contribution >= 4 is 22.7 Å². The summed E-state index contributed by atoms with van der Waals surface area (Å²) in [6.07, 6.45) is -0.775. The SMILES string of the molecule is O=C(COC(=O)[C@H]1COCCO1)c1c(-c2ccccc2)[nH]c2ccccc12. The fraction of sp³-hybridized carbons (Fsp3) is 0.238. The van der Waals surface area contributed by atoms with Crippen molar-refractivity contribution in [1.29, 1.82) is 0 Å². The van der Waals surface area contributed by atoms with Gasteiger partial charge in [-0.25, -0.2) is 4.79 Å². The molecule has 0 saturated carbocycles. The molecule has 0 spiro atoms. The first-order chi connectivity index (χ1) is 13.2. The van der Waals surface area contributed by atoms with E-state index in [1.165, 1.54) is 0 Å². The van der Waals surface area contributed by atoms with Crippen LogP contribution in [0.1, 0.15) is 10.4 Å². The van der Waals surface area contributed by atoms with Crippen molar-refractivity contribution in [2.45, 2.75) is 6.10 Å². The summed E-state index contributed by atoms with van der Waals surface area (Å²) in [6.45, 7) is 0.600. The Labute approximate surface area is 156 Å². The molecule has 0 unspecified atom stereocenters. The zero-order chi connectivity index (χ0) is 18.6. The van der Waals surface area contributed by atoms with Crippen LogP contribution in [0, 0.1) is 0 Å². The molecule has 1 aliphatic rings. The van der Waals surface area contributed by atoms with Gasteiger partial charge in [0, 0.05) is 10.9 Å². The highest BCUT2D eigenvalue weighted by atomic mass is 16.6. The molecule has 1 atom stereocenters. The number of rotatable bonds is 5. The Morgan fingerprint density at radius 3 is 2.59 bits per heavy atom. The minimum atomic E-state index is -0.775. The second-order valence-electron chi connectivity index (χ2n) is 6.25. The summed E-state index contributed by atoms with van der Waals surface area (Å²) in [6, 6.07) is 17.2. The van der Waals surface area contributed by atoms with E-state index in [1.54, 1.807) is 0 Å². The third kappa shape index (κ3) is 3.63. The fourth-order valence-electron chi connectivity index (χ4n) is 3.18. The molecule has 0 radical (unpaired) electrons. The van der Waals surface area contributed by atoms with Crippen molar-refractivity contribution in [2.24, 2.45) is 0 Å². The van der Waals surface area contributed by atoms with Crippen LogP contribution in [0.3, 0.4) is 0 Å². The molecule has 1 aliphatic heterocycles. The standard InChI is InChI=1S/C21H19NO5/c23-17(12-27-21(24)18-13-25-10-11-26-18)19-15-8-4-5-9-16(15)22-20(19)14-6-2-1-3-7-14/h1-9,18,22H,10-13H2/t18-/m1/s1. The van der Waals surface area contributed by atoms with Gasteiger partial charge in [0.2, 0.25) is 5.78 Å². The Balaban J connectivity index is 1.60. The van der Waals surface area contributed by atoms with E-state index in [9.17, 15) is 9.59 Å². The van der Waals surface area contributed by atoms with Gasteiger partial charge in [-0.2, -0.15) is 0 Å². The first-order valence-corrected chi connectivity index (χ1v) is 8.79. The van der Waals surface area contributed by atoms with Crippen molar-refractivity contribution in [1.82, 2.24) is 4.98 Å². The van der Waals surface area contributed by atoms with Crippen LogP contribution >= 0.6 is 0 Å². The van der Waals surface area contributed by atoms with E-state index in [0.717, 1.165) is 22.2 Å². The first kappa shape index (κ1) is 17.5. The van der Waals surface area contributed by atoms with Gasteiger partial charge >= 0.3 is 5.97 Å². The first-order valence-electron chi connectivity index (χ1n) is 8.79. The number of esters is 1. The number of nitrogens with one attached hydrogen (secondary N) is 1. The highest BCUT2D eigenvalue weighted by molar-refractivity contribution is 6.14. The molecule has 0 aliphatic carbocycles. The Hall–Kier alpha value is -2.96. The topological polar surface area (TPSA) is 77.6 Å². The summed E-state index contributed by atoms with van der Waals surface area (Å²) in [4.78, 5) is 28.3. The zero-order valence-corrected chi connectivity index (χ0v) is 14.6. The molecule has 2 heterocycles. The van der Waals surface area contributed by atoms with Gasteiger partial charge in [-0.1, -0.05) is 48.5 Å². The summed E-state index contributed by atoms with van der Waals surface area (Å²) in [5.41, 5.74) is 2.99. The second kappa shape index (κ2) is 7.73. The molecular formula is C21H19NO5. The number of hydrogen-bond acceptors (Lipinski definition) is 5. The quantitative estimate of drug-likeness (QED) is 0.556.